The van der Waals surface area contributed by atoms with Gasteiger partial charge in [0.25, 0.3) is 0 Å². The van der Waals surface area contributed by atoms with E-state index in [0.717, 1.165) is 6.42 Å². The predicted octanol–water partition coefficient (Wildman–Crippen LogP) is 0.215. The quantitative estimate of drug-likeness (QED) is 0.568. The molecule has 3 nitrogen and oxygen atoms in total. The van der Waals surface area contributed by atoms with Gasteiger partial charge in [0.1, 0.15) is 0 Å². The number of nitrogens with two attached hydrogens (primary N) is 2. The molecule has 1 atom stereocenters. The fourth-order valence-electron chi connectivity index (χ4n) is 2.20. The molecule has 12 heavy (non-hydrogen) atoms. The number of aliphatic hydroxyl groups is 1. The second kappa shape index (κ2) is 4.21. The Labute approximate surface area is 74.1 Å². The van der Waals surface area contributed by atoms with E-state index in [-0.39, 0.29) is 11.5 Å². The Morgan fingerprint density at radius 3 is 2.25 bits per heavy atom. The van der Waals surface area contributed by atoms with Gasteiger partial charge in [-0.3, -0.25) is 0 Å². The molecule has 1 saturated carbocycles. The normalized spacial score (nSPS) is 24.2. The van der Waals surface area contributed by atoms with Crippen LogP contribution in [0.3, 0.4) is 0 Å². The van der Waals surface area contributed by atoms with Crippen LogP contribution in [-0.2, 0) is 0 Å². The molecule has 0 aliphatic heterocycles. The van der Waals surface area contributed by atoms with Crippen LogP contribution in [-0.4, -0.2) is 24.3 Å². The van der Waals surface area contributed by atoms with Gasteiger partial charge < -0.3 is 16.6 Å². The molecule has 0 unspecified atom stereocenters. The molecule has 5 N–H and O–H groups in total. The Kier molecular flexibility index (Phi) is 3.50. The van der Waals surface area contributed by atoms with Crippen molar-refractivity contribution in [3.63, 3.8) is 0 Å². The summed E-state index contributed by atoms with van der Waals surface area (Å²) < 4.78 is 0. The van der Waals surface area contributed by atoms with Crippen molar-refractivity contribution in [1.82, 2.24) is 0 Å². The number of hydrogen-bond donors (Lipinski definition) is 3. The molecule has 72 valence electrons. The van der Waals surface area contributed by atoms with Crippen molar-refractivity contribution in [2.45, 2.75) is 38.2 Å². The molecule has 0 aromatic rings. The van der Waals surface area contributed by atoms with Crippen molar-refractivity contribution in [2.24, 2.45) is 16.9 Å². The molecule has 1 fully saturated rings. The Morgan fingerprint density at radius 2 is 1.83 bits per heavy atom. The summed E-state index contributed by atoms with van der Waals surface area (Å²) in [6.45, 7) is 1.06. The molecule has 0 spiro atoms. The molecule has 0 bridgehead atoms. The van der Waals surface area contributed by atoms with Crippen LogP contribution in [0.1, 0.15) is 32.1 Å². The Bertz CT molecular complexity index is 132. The molecule has 1 aliphatic carbocycles. The Balaban J connectivity index is 2.43. The van der Waals surface area contributed by atoms with Crippen LogP contribution in [0.4, 0.5) is 0 Å². The van der Waals surface area contributed by atoms with Gasteiger partial charge in [-0.05, 0) is 31.2 Å². The lowest BCUT2D eigenvalue weighted by Crippen LogP contribution is -2.34. The summed E-state index contributed by atoms with van der Waals surface area (Å²) >= 11 is 0. The van der Waals surface area contributed by atoms with Crippen molar-refractivity contribution in [3.05, 3.63) is 0 Å². The molecule has 0 saturated heterocycles. The zero-order valence-corrected chi connectivity index (χ0v) is 7.63. The number of hydrogen-bond acceptors (Lipinski definition) is 3. The molecule has 1 aliphatic rings. The van der Waals surface area contributed by atoms with Crippen LogP contribution in [0.2, 0.25) is 0 Å². The van der Waals surface area contributed by atoms with Gasteiger partial charge in [0.05, 0.1) is 6.10 Å². The van der Waals surface area contributed by atoms with Crippen LogP contribution in [0.25, 0.3) is 0 Å². The highest BCUT2D eigenvalue weighted by atomic mass is 16.3. The zero-order valence-electron chi connectivity index (χ0n) is 7.63. The van der Waals surface area contributed by atoms with E-state index in [1.54, 1.807) is 0 Å². The smallest absolute Gasteiger partial charge is 0.0668 e. The summed E-state index contributed by atoms with van der Waals surface area (Å²) in [6, 6.07) is 0. The van der Waals surface area contributed by atoms with E-state index < -0.39 is 0 Å². The molecule has 3 heteroatoms. The van der Waals surface area contributed by atoms with Gasteiger partial charge in [-0.15, -0.1) is 0 Å². The highest BCUT2D eigenvalue weighted by Crippen LogP contribution is 2.40. The van der Waals surface area contributed by atoms with Gasteiger partial charge in [0.2, 0.25) is 0 Å². The molecular weight excluding hydrogens is 152 g/mol. The lowest BCUT2D eigenvalue weighted by molar-refractivity contribution is 0.109. The number of aliphatic hydroxyl groups excluding tert-OH is 1. The largest absolute Gasteiger partial charge is 0.392 e. The first-order chi connectivity index (χ1) is 5.72. The van der Waals surface area contributed by atoms with Crippen molar-refractivity contribution >= 4 is 0 Å². The third-order valence-electron chi connectivity index (χ3n) is 3.04. The first-order valence-electron chi connectivity index (χ1n) is 4.81. The number of rotatable bonds is 4. The SMILES string of the molecule is NC[C@@H](O)CC1(CN)CCCC1. The minimum absolute atomic E-state index is 0.207. The average Bonchev–Trinajstić information content (AvgIpc) is 2.54. The molecule has 0 amide bonds. The highest BCUT2D eigenvalue weighted by Gasteiger charge is 2.33. The van der Waals surface area contributed by atoms with Crippen molar-refractivity contribution in [2.75, 3.05) is 13.1 Å². The summed E-state index contributed by atoms with van der Waals surface area (Å²) in [5, 5.41) is 9.43. The van der Waals surface area contributed by atoms with Crippen molar-refractivity contribution in [3.8, 4) is 0 Å². The van der Waals surface area contributed by atoms with Crippen LogP contribution >= 0.6 is 0 Å². The van der Waals surface area contributed by atoms with Crippen molar-refractivity contribution in [1.29, 1.82) is 0 Å². The van der Waals surface area contributed by atoms with E-state index in [1.165, 1.54) is 25.7 Å². The van der Waals surface area contributed by atoms with Crippen LogP contribution in [0, 0.1) is 5.41 Å². The summed E-state index contributed by atoms with van der Waals surface area (Å²) in [6.07, 6.45) is 5.29. The van der Waals surface area contributed by atoms with Crippen LogP contribution < -0.4 is 11.5 Å². The summed E-state index contributed by atoms with van der Waals surface area (Å²) in [5.41, 5.74) is 11.3. The van der Waals surface area contributed by atoms with E-state index in [2.05, 4.69) is 0 Å². The molecule has 0 heterocycles. The first kappa shape index (κ1) is 9.96. The van der Waals surface area contributed by atoms with E-state index >= 15 is 0 Å². The third kappa shape index (κ3) is 2.19. The Morgan fingerprint density at radius 1 is 1.25 bits per heavy atom. The average molecular weight is 172 g/mol. The molecule has 0 aromatic carbocycles. The minimum atomic E-state index is -0.355. The highest BCUT2D eigenvalue weighted by molar-refractivity contribution is 4.87. The predicted molar refractivity (Wildman–Crippen MR) is 49.6 cm³/mol. The van der Waals surface area contributed by atoms with Crippen LogP contribution in [0.5, 0.6) is 0 Å². The van der Waals surface area contributed by atoms with Crippen LogP contribution in [0.15, 0.2) is 0 Å². The summed E-state index contributed by atoms with van der Waals surface area (Å²) in [4.78, 5) is 0. The zero-order chi connectivity index (χ0) is 9.03. The van der Waals surface area contributed by atoms with E-state index in [0.29, 0.717) is 13.1 Å². The van der Waals surface area contributed by atoms with E-state index in [4.69, 9.17) is 11.5 Å². The van der Waals surface area contributed by atoms with Gasteiger partial charge in [-0.1, -0.05) is 12.8 Å². The fraction of sp³-hybridized carbons (Fsp3) is 1.00. The molecule has 1 rings (SSSR count). The summed E-state index contributed by atoms with van der Waals surface area (Å²) in [5.74, 6) is 0. The fourth-order valence-corrected chi connectivity index (χ4v) is 2.20. The van der Waals surface area contributed by atoms with Gasteiger partial charge in [-0.2, -0.15) is 0 Å². The maximum atomic E-state index is 9.43. The molecular formula is C9H20N2O. The second-order valence-electron chi connectivity index (χ2n) is 4.00. The van der Waals surface area contributed by atoms with E-state index in [9.17, 15) is 5.11 Å². The second-order valence-corrected chi connectivity index (χ2v) is 4.00. The first-order valence-corrected chi connectivity index (χ1v) is 4.81. The van der Waals surface area contributed by atoms with Gasteiger partial charge in [0, 0.05) is 6.54 Å². The monoisotopic (exact) mass is 172 g/mol. The maximum absolute atomic E-state index is 9.43. The Hall–Kier alpha value is -0.120. The molecule has 0 aromatic heterocycles. The topological polar surface area (TPSA) is 72.3 Å². The lowest BCUT2D eigenvalue weighted by Gasteiger charge is -2.29. The third-order valence-corrected chi connectivity index (χ3v) is 3.04. The van der Waals surface area contributed by atoms with E-state index in [1.807, 2.05) is 0 Å². The minimum Gasteiger partial charge on any atom is -0.392 e. The maximum Gasteiger partial charge on any atom is 0.0668 e. The van der Waals surface area contributed by atoms with Crippen molar-refractivity contribution < 1.29 is 5.11 Å². The lowest BCUT2D eigenvalue weighted by atomic mass is 9.81. The van der Waals surface area contributed by atoms with Gasteiger partial charge in [0.15, 0.2) is 0 Å². The van der Waals surface area contributed by atoms with Gasteiger partial charge in [-0.25, -0.2) is 0 Å². The standard InChI is InChI=1S/C9H20N2O/c10-6-8(12)5-9(7-11)3-1-2-4-9/h8,12H,1-7,10-11H2/t8-/m0/s1. The van der Waals surface area contributed by atoms with Gasteiger partial charge >= 0.3 is 0 Å². The summed E-state index contributed by atoms with van der Waals surface area (Å²) in [7, 11) is 0. The molecule has 0 radical (unpaired) electrons.